The van der Waals surface area contributed by atoms with Crippen molar-refractivity contribution in [3.05, 3.63) is 77.2 Å². The number of carbonyl (C=O) groups excluding carboxylic acids is 2. The van der Waals surface area contributed by atoms with Gasteiger partial charge in [-0.15, -0.1) is 0 Å². The Bertz CT molecular complexity index is 1060. The van der Waals surface area contributed by atoms with Crippen molar-refractivity contribution >= 4 is 23.4 Å². The normalized spacial score (nSPS) is 10.6. The molecule has 1 heterocycles. The van der Waals surface area contributed by atoms with E-state index in [1.807, 2.05) is 30.3 Å². The molecule has 0 saturated heterocycles. The zero-order valence-electron chi connectivity index (χ0n) is 16.1. The molecule has 0 unspecified atom stereocenters. The minimum Gasteiger partial charge on any atom is -0.323 e. The SMILES string of the molecule is CN(Cc1ccccc1)C(=O)Nc1cc(C(=O)Nc2cc(F)c(F)c(F)c2)n(C)n1. The summed E-state index contributed by atoms with van der Waals surface area (Å²) in [5.41, 5.74) is 0.696. The lowest BCUT2D eigenvalue weighted by Gasteiger charge is -2.17. The van der Waals surface area contributed by atoms with E-state index >= 15 is 0 Å². The van der Waals surface area contributed by atoms with E-state index in [0.29, 0.717) is 18.7 Å². The van der Waals surface area contributed by atoms with Crippen molar-refractivity contribution in [1.29, 1.82) is 0 Å². The summed E-state index contributed by atoms with van der Waals surface area (Å²) in [5.74, 6) is -5.11. The Morgan fingerprint density at radius 3 is 2.30 bits per heavy atom. The first-order chi connectivity index (χ1) is 14.2. The van der Waals surface area contributed by atoms with Crippen LogP contribution in [-0.4, -0.2) is 33.7 Å². The highest BCUT2D eigenvalue weighted by molar-refractivity contribution is 6.04. The predicted molar refractivity (Wildman–Crippen MR) is 104 cm³/mol. The summed E-state index contributed by atoms with van der Waals surface area (Å²) in [7, 11) is 3.07. The van der Waals surface area contributed by atoms with E-state index in [9.17, 15) is 22.8 Å². The number of aromatic nitrogens is 2. The number of carbonyl (C=O) groups is 2. The smallest absolute Gasteiger partial charge is 0.323 e. The number of amides is 3. The van der Waals surface area contributed by atoms with Crippen LogP contribution in [0.2, 0.25) is 0 Å². The molecule has 3 rings (SSSR count). The summed E-state index contributed by atoms with van der Waals surface area (Å²) >= 11 is 0. The van der Waals surface area contributed by atoms with Crippen LogP contribution >= 0.6 is 0 Å². The van der Waals surface area contributed by atoms with E-state index in [1.54, 1.807) is 7.05 Å². The van der Waals surface area contributed by atoms with Crippen molar-refractivity contribution in [3.63, 3.8) is 0 Å². The highest BCUT2D eigenvalue weighted by Crippen LogP contribution is 2.19. The first kappa shape index (κ1) is 20.9. The second-order valence-electron chi connectivity index (χ2n) is 6.52. The van der Waals surface area contributed by atoms with Gasteiger partial charge in [0.1, 0.15) is 5.69 Å². The molecule has 156 valence electrons. The largest absolute Gasteiger partial charge is 0.323 e. The molecule has 10 heteroatoms. The lowest BCUT2D eigenvalue weighted by molar-refractivity contribution is 0.101. The van der Waals surface area contributed by atoms with Crippen LogP contribution < -0.4 is 10.6 Å². The quantitative estimate of drug-likeness (QED) is 0.621. The van der Waals surface area contributed by atoms with Crippen molar-refractivity contribution in [3.8, 4) is 0 Å². The van der Waals surface area contributed by atoms with Crippen molar-refractivity contribution in [1.82, 2.24) is 14.7 Å². The third-order valence-corrected chi connectivity index (χ3v) is 4.20. The van der Waals surface area contributed by atoms with Crippen LogP contribution in [-0.2, 0) is 13.6 Å². The fraction of sp³-hybridized carbons (Fsp3) is 0.150. The minimum absolute atomic E-state index is 0.0150. The molecular weight excluding hydrogens is 399 g/mol. The molecular formula is C20H18F3N5O2. The number of halogens is 3. The van der Waals surface area contributed by atoms with E-state index in [1.165, 1.54) is 22.7 Å². The molecule has 3 aromatic rings. The van der Waals surface area contributed by atoms with Gasteiger partial charge in [0.05, 0.1) is 0 Å². The Hall–Kier alpha value is -3.82. The molecule has 0 aliphatic carbocycles. The number of hydrogen-bond acceptors (Lipinski definition) is 3. The maximum Gasteiger partial charge on any atom is 0.323 e. The van der Waals surface area contributed by atoms with Crippen LogP contribution in [0.1, 0.15) is 16.1 Å². The molecule has 3 amide bonds. The van der Waals surface area contributed by atoms with Crippen LogP contribution in [0.25, 0.3) is 0 Å². The van der Waals surface area contributed by atoms with Crippen LogP contribution in [0.15, 0.2) is 48.5 Å². The van der Waals surface area contributed by atoms with E-state index in [-0.39, 0.29) is 17.2 Å². The Kier molecular flexibility index (Phi) is 6.05. The van der Waals surface area contributed by atoms with E-state index < -0.39 is 29.4 Å². The molecule has 0 bridgehead atoms. The average molecular weight is 417 g/mol. The molecule has 0 radical (unpaired) electrons. The zero-order chi connectivity index (χ0) is 21.8. The van der Waals surface area contributed by atoms with Gasteiger partial charge in [-0.1, -0.05) is 30.3 Å². The number of urea groups is 1. The van der Waals surface area contributed by atoms with Gasteiger partial charge in [-0.05, 0) is 5.56 Å². The molecule has 0 spiro atoms. The Labute approximate surface area is 170 Å². The molecule has 2 N–H and O–H groups in total. The highest BCUT2D eigenvalue weighted by atomic mass is 19.2. The number of rotatable bonds is 5. The Morgan fingerprint density at radius 2 is 1.67 bits per heavy atom. The van der Waals surface area contributed by atoms with Crippen LogP contribution in [0.3, 0.4) is 0 Å². The molecule has 7 nitrogen and oxygen atoms in total. The first-order valence-electron chi connectivity index (χ1n) is 8.80. The van der Waals surface area contributed by atoms with Gasteiger partial charge in [-0.3, -0.25) is 14.8 Å². The van der Waals surface area contributed by atoms with Crippen LogP contribution in [0.5, 0.6) is 0 Å². The average Bonchev–Trinajstić information content (AvgIpc) is 3.07. The third-order valence-electron chi connectivity index (χ3n) is 4.20. The number of benzene rings is 2. The van der Waals surface area contributed by atoms with Gasteiger partial charge in [0, 0.05) is 44.5 Å². The van der Waals surface area contributed by atoms with Gasteiger partial charge >= 0.3 is 6.03 Å². The van der Waals surface area contributed by atoms with Crippen molar-refractivity contribution in [2.75, 3.05) is 17.7 Å². The Balaban J connectivity index is 1.67. The third kappa shape index (κ3) is 4.77. The fourth-order valence-electron chi connectivity index (χ4n) is 2.70. The molecule has 2 aromatic carbocycles. The van der Waals surface area contributed by atoms with Gasteiger partial charge in [0.2, 0.25) is 0 Å². The molecule has 1 aromatic heterocycles. The monoisotopic (exact) mass is 417 g/mol. The highest BCUT2D eigenvalue weighted by Gasteiger charge is 2.18. The number of nitrogens with one attached hydrogen (secondary N) is 2. The zero-order valence-corrected chi connectivity index (χ0v) is 16.1. The standard InChI is InChI=1S/C20H18F3N5O2/c1-27(11-12-6-4-3-5-7-12)20(30)25-17-10-16(28(2)26-17)19(29)24-13-8-14(21)18(23)15(22)9-13/h3-10H,11H2,1-2H3,(H,24,29)(H,25,26,30). The first-order valence-corrected chi connectivity index (χ1v) is 8.80. The lowest BCUT2D eigenvalue weighted by atomic mass is 10.2. The maximum atomic E-state index is 13.3. The lowest BCUT2D eigenvalue weighted by Crippen LogP contribution is -2.31. The van der Waals surface area contributed by atoms with E-state index in [0.717, 1.165) is 5.56 Å². The Morgan fingerprint density at radius 1 is 1.03 bits per heavy atom. The second-order valence-corrected chi connectivity index (χ2v) is 6.52. The van der Waals surface area contributed by atoms with Gasteiger partial charge in [-0.25, -0.2) is 18.0 Å². The number of aryl methyl sites for hydroxylation is 1. The van der Waals surface area contributed by atoms with E-state index in [2.05, 4.69) is 15.7 Å². The van der Waals surface area contributed by atoms with Crippen molar-refractivity contribution < 1.29 is 22.8 Å². The molecule has 30 heavy (non-hydrogen) atoms. The predicted octanol–water partition coefficient (Wildman–Crippen LogP) is 3.75. The maximum absolute atomic E-state index is 13.3. The summed E-state index contributed by atoms with van der Waals surface area (Å²) < 4.78 is 40.9. The summed E-state index contributed by atoms with van der Waals surface area (Å²) in [6.45, 7) is 0.370. The van der Waals surface area contributed by atoms with Gasteiger partial charge in [-0.2, -0.15) is 5.10 Å². The molecule has 0 aliphatic heterocycles. The summed E-state index contributed by atoms with van der Waals surface area (Å²) in [4.78, 5) is 26.2. The summed E-state index contributed by atoms with van der Waals surface area (Å²) in [6.07, 6.45) is 0. The van der Waals surface area contributed by atoms with E-state index in [4.69, 9.17) is 0 Å². The summed E-state index contributed by atoms with van der Waals surface area (Å²) in [5, 5.41) is 8.87. The topological polar surface area (TPSA) is 79.3 Å². The number of anilines is 2. The van der Waals surface area contributed by atoms with Crippen molar-refractivity contribution in [2.24, 2.45) is 7.05 Å². The second kappa shape index (κ2) is 8.68. The van der Waals surface area contributed by atoms with Crippen LogP contribution in [0.4, 0.5) is 29.5 Å². The van der Waals surface area contributed by atoms with Crippen LogP contribution in [0, 0.1) is 17.5 Å². The molecule has 0 fully saturated rings. The molecule has 0 atom stereocenters. The van der Waals surface area contributed by atoms with Gasteiger partial charge < -0.3 is 10.2 Å². The number of nitrogens with zero attached hydrogens (tertiary/aromatic N) is 3. The minimum atomic E-state index is -1.63. The van der Waals surface area contributed by atoms with Gasteiger partial charge in [0.15, 0.2) is 23.3 Å². The van der Waals surface area contributed by atoms with Crippen molar-refractivity contribution in [2.45, 2.75) is 6.54 Å². The molecule has 0 aliphatic rings. The molecule has 0 saturated carbocycles. The van der Waals surface area contributed by atoms with Gasteiger partial charge in [0.25, 0.3) is 5.91 Å². The number of hydrogen-bond donors (Lipinski definition) is 2. The fourth-order valence-corrected chi connectivity index (χ4v) is 2.70. The summed E-state index contributed by atoms with van der Waals surface area (Å²) in [6, 6.07) is 11.6.